The number of ether oxygens (including phenoxy) is 2. The van der Waals surface area contributed by atoms with Gasteiger partial charge in [-0.05, 0) is 32.1 Å². The molecule has 3 rings (SSSR count). The predicted octanol–water partition coefficient (Wildman–Crippen LogP) is 2.70. The van der Waals surface area contributed by atoms with Gasteiger partial charge in [0.2, 0.25) is 11.8 Å². The van der Waals surface area contributed by atoms with E-state index >= 15 is 0 Å². The number of rotatable bonds is 13. The second-order valence-electron chi connectivity index (χ2n) is 10.5. The Labute approximate surface area is 209 Å². The summed E-state index contributed by atoms with van der Waals surface area (Å²) in [7, 11) is 0. The van der Waals surface area contributed by atoms with E-state index in [0.29, 0.717) is 25.9 Å². The van der Waals surface area contributed by atoms with Gasteiger partial charge in [0.15, 0.2) is 0 Å². The van der Waals surface area contributed by atoms with Crippen LogP contribution in [0.4, 0.5) is 0 Å². The van der Waals surface area contributed by atoms with Crippen molar-refractivity contribution in [1.82, 2.24) is 9.80 Å². The normalized spacial score (nSPS) is 32.8. The number of esters is 1. The molecule has 7 atom stereocenters. The highest BCUT2D eigenvalue weighted by molar-refractivity contribution is 5.98. The number of hydrogen-bond acceptors (Lipinski definition) is 6. The lowest BCUT2D eigenvalue weighted by molar-refractivity contribution is -0.162. The van der Waals surface area contributed by atoms with Gasteiger partial charge in [0.05, 0.1) is 24.2 Å². The van der Waals surface area contributed by atoms with Crippen LogP contribution in [0, 0.1) is 17.8 Å². The molecule has 0 aromatic carbocycles. The Balaban J connectivity index is 2.12. The summed E-state index contributed by atoms with van der Waals surface area (Å²) in [6.45, 7) is 16.0. The molecule has 8 heteroatoms. The maximum atomic E-state index is 14.2. The molecule has 8 nitrogen and oxygen atoms in total. The molecule has 3 aliphatic heterocycles. The fraction of sp³-hybridized carbons (Fsp3) is 0.741. The fourth-order valence-electron chi connectivity index (χ4n) is 6.37. The second kappa shape index (κ2) is 10.8. The van der Waals surface area contributed by atoms with Crippen molar-refractivity contribution in [3.63, 3.8) is 0 Å². The van der Waals surface area contributed by atoms with E-state index in [1.807, 2.05) is 20.8 Å². The lowest BCUT2D eigenvalue weighted by atomic mass is 9.66. The highest BCUT2D eigenvalue weighted by atomic mass is 16.6. The van der Waals surface area contributed by atoms with Crippen molar-refractivity contribution in [2.45, 2.75) is 83.1 Å². The van der Waals surface area contributed by atoms with Crippen LogP contribution in [-0.4, -0.2) is 82.3 Å². The van der Waals surface area contributed by atoms with Crippen molar-refractivity contribution in [3.05, 3.63) is 25.3 Å². The molecule has 3 fully saturated rings. The Kier molecular flexibility index (Phi) is 8.48. The SMILES string of the molecule is C=CCOC(=O)[C@@H]1[C@H]2C(=O)N([C@@H](CO)[C@@H](C)CC)C(C(=O)N(CC=C)CCCC)C23CC[C@@]1(C)O3. The van der Waals surface area contributed by atoms with Crippen LogP contribution in [-0.2, 0) is 23.9 Å². The third-order valence-electron chi connectivity index (χ3n) is 8.33. The molecule has 196 valence electrons. The molecule has 1 N–H and O–H groups in total. The summed E-state index contributed by atoms with van der Waals surface area (Å²) >= 11 is 0. The molecule has 0 aliphatic carbocycles. The van der Waals surface area contributed by atoms with Crippen LogP contribution in [0.2, 0.25) is 0 Å². The summed E-state index contributed by atoms with van der Waals surface area (Å²) in [5.41, 5.74) is -2.02. The average molecular weight is 491 g/mol. The predicted molar refractivity (Wildman–Crippen MR) is 132 cm³/mol. The number of carbonyl (C=O) groups excluding carboxylic acids is 3. The Morgan fingerprint density at radius 3 is 2.60 bits per heavy atom. The quantitative estimate of drug-likeness (QED) is 0.315. The summed E-state index contributed by atoms with van der Waals surface area (Å²) in [6.07, 6.45) is 6.68. The highest BCUT2D eigenvalue weighted by Gasteiger charge is 2.79. The summed E-state index contributed by atoms with van der Waals surface area (Å²) in [5.74, 6) is -2.71. The molecule has 35 heavy (non-hydrogen) atoms. The van der Waals surface area contributed by atoms with Crippen LogP contribution >= 0.6 is 0 Å². The van der Waals surface area contributed by atoms with E-state index in [2.05, 4.69) is 20.1 Å². The van der Waals surface area contributed by atoms with Crippen molar-refractivity contribution in [3.8, 4) is 0 Å². The molecule has 2 bridgehead atoms. The average Bonchev–Trinajstić information content (AvgIpc) is 3.41. The van der Waals surface area contributed by atoms with Gasteiger partial charge >= 0.3 is 5.97 Å². The number of unbranched alkanes of at least 4 members (excludes halogenated alkanes) is 1. The molecule has 3 saturated heterocycles. The number of fused-ring (bicyclic) bond motifs is 1. The molecule has 1 spiro atoms. The van der Waals surface area contributed by atoms with Crippen LogP contribution in [0.5, 0.6) is 0 Å². The van der Waals surface area contributed by atoms with Gasteiger partial charge in [-0.2, -0.15) is 0 Å². The van der Waals surface area contributed by atoms with E-state index in [1.54, 1.807) is 15.9 Å². The van der Waals surface area contributed by atoms with E-state index in [-0.39, 0.29) is 30.9 Å². The minimum absolute atomic E-state index is 0.0433. The van der Waals surface area contributed by atoms with Gasteiger partial charge in [0.1, 0.15) is 24.2 Å². The standard InChI is InChI=1S/C27H42N2O6/c1-7-11-15-28(14-8-2)24(32)22-27-13-12-26(6,35-27)21(25(33)34-16-9-3)20(27)23(31)29(22)19(17-30)18(5)10-4/h8-9,18-22,30H,2-3,7,10-17H2,1,4-6H3/t18-,19-,20-,21-,22?,26+,27?/m0/s1. The monoisotopic (exact) mass is 490 g/mol. The van der Waals surface area contributed by atoms with Crippen LogP contribution < -0.4 is 0 Å². The number of hydrogen-bond donors (Lipinski definition) is 1. The van der Waals surface area contributed by atoms with Gasteiger partial charge in [0.25, 0.3) is 0 Å². The van der Waals surface area contributed by atoms with Crippen molar-refractivity contribution < 1.29 is 29.0 Å². The first-order valence-corrected chi connectivity index (χ1v) is 13.0. The van der Waals surface area contributed by atoms with Gasteiger partial charge in [-0.15, -0.1) is 6.58 Å². The zero-order chi connectivity index (χ0) is 26.0. The number of amides is 2. The number of likely N-dealkylation sites (tertiary alicyclic amines) is 1. The Bertz CT molecular complexity index is 846. The van der Waals surface area contributed by atoms with Gasteiger partial charge in [-0.3, -0.25) is 14.4 Å². The first-order valence-electron chi connectivity index (χ1n) is 13.0. The van der Waals surface area contributed by atoms with E-state index in [9.17, 15) is 19.5 Å². The van der Waals surface area contributed by atoms with Crippen molar-refractivity contribution in [2.75, 3.05) is 26.3 Å². The molecule has 2 amide bonds. The molecule has 2 unspecified atom stereocenters. The summed E-state index contributed by atoms with van der Waals surface area (Å²) in [5, 5.41) is 10.4. The van der Waals surface area contributed by atoms with Gasteiger partial charge < -0.3 is 24.4 Å². The zero-order valence-electron chi connectivity index (χ0n) is 21.7. The number of aliphatic hydroxyl groups excluding tert-OH is 1. The maximum absolute atomic E-state index is 14.2. The first-order chi connectivity index (χ1) is 16.7. The topological polar surface area (TPSA) is 96.4 Å². The van der Waals surface area contributed by atoms with E-state index in [1.165, 1.54) is 6.08 Å². The Morgan fingerprint density at radius 1 is 1.31 bits per heavy atom. The van der Waals surface area contributed by atoms with Gasteiger partial charge in [-0.25, -0.2) is 0 Å². The molecular weight excluding hydrogens is 448 g/mol. The van der Waals surface area contributed by atoms with Crippen LogP contribution in [0.25, 0.3) is 0 Å². The third kappa shape index (κ3) is 4.44. The zero-order valence-corrected chi connectivity index (χ0v) is 21.7. The molecule has 3 aliphatic rings. The van der Waals surface area contributed by atoms with Crippen LogP contribution in [0.1, 0.15) is 59.8 Å². The minimum atomic E-state index is -1.13. The molecule has 3 heterocycles. The lowest BCUT2D eigenvalue weighted by Gasteiger charge is -2.41. The number of nitrogens with zero attached hydrogens (tertiary/aromatic N) is 2. The second-order valence-corrected chi connectivity index (χ2v) is 10.5. The maximum Gasteiger partial charge on any atom is 0.313 e. The van der Waals surface area contributed by atoms with E-state index < -0.39 is 41.1 Å². The molecule has 0 aromatic heterocycles. The molecular formula is C27H42N2O6. The van der Waals surface area contributed by atoms with Crippen molar-refractivity contribution in [1.29, 1.82) is 0 Å². The third-order valence-corrected chi connectivity index (χ3v) is 8.33. The van der Waals surface area contributed by atoms with Crippen molar-refractivity contribution in [2.24, 2.45) is 17.8 Å². The summed E-state index contributed by atoms with van der Waals surface area (Å²) in [6, 6.07) is -1.47. The van der Waals surface area contributed by atoms with E-state index in [4.69, 9.17) is 9.47 Å². The van der Waals surface area contributed by atoms with Crippen molar-refractivity contribution >= 4 is 17.8 Å². The number of aliphatic hydroxyl groups is 1. The smallest absolute Gasteiger partial charge is 0.313 e. The molecule has 0 aromatic rings. The van der Waals surface area contributed by atoms with E-state index in [0.717, 1.165) is 19.3 Å². The largest absolute Gasteiger partial charge is 0.461 e. The fourth-order valence-corrected chi connectivity index (χ4v) is 6.37. The summed E-state index contributed by atoms with van der Waals surface area (Å²) in [4.78, 5) is 44.8. The van der Waals surface area contributed by atoms with Crippen LogP contribution in [0.15, 0.2) is 25.3 Å². The Morgan fingerprint density at radius 2 is 2.03 bits per heavy atom. The summed E-state index contributed by atoms with van der Waals surface area (Å²) < 4.78 is 12.0. The molecule has 0 radical (unpaired) electrons. The lowest BCUT2D eigenvalue weighted by Crippen LogP contribution is -2.60. The minimum Gasteiger partial charge on any atom is -0.461 e. The molecule has 0 saturated carbocycles. The van der Waals surface area contributed by atoms with Gasteiger partial charge in [0, 0.05) is 13.1 Å². The Hall–Kier alpha value is -2.19. The number of carbonyl (C=O) groups is 3. The first kappa shape index (κ1) is 27.4. The highest BCUT2D eigenvalue weighted by Crippen LogP contribution is 2.64. The van der Waals surface area contributed by atoms with Gasteiger partial charge in [-0.1, -0.05) is 52.3 Å². The van der Waals surface area contributed by atoms with Crippen LogP contribution in [0.3, 0.4) is 0 Å².